The first kappa shape index (κ1) is 25.2. The molecule has 8 heteroatoms. The highest BCUT2D eigenvalue weighted by Crippen LogP contribution is 2.16. The topological polar surface area (TPSA) is 62.0 Å². The number of guanidine groups is 1. The van der Waals surface area contributed by atoms with Gasteiger partial charge in [0.15, 0.2) is 5.96 Å². The molecule has 1 unspecified atom stereocenters. The molecule has 2 N–H and O–H groups in total. The highest BCUT2D eigenvalue weighted by molar-refractivity contribution is 14.0. The summed E-state index contributed by atoms with van der Waals surface area (Å²) >= 11 is 1.87. The maximum atomic E-state index is 5.43. The first-order valence-corrected chi connectivity index (χ1v) is 11.4. The van der Waals surface area contributed by atoms with E-state index in [4.69, 9.17) is 14.1 Å². The summed E-state index contributed by atoms with van der Waals surface area (Å²) in [6.07, 6.45) is 4.63. The third-order valence-electron chi connectivity index (χ3n) is 4.94. The van der Waals surface area contributed by atoms with Crippen LogP contribution in [0.25, 0.3) is 0 Å². The number of hydrogen-bond donors (Lipinski definition) is 2. The number of nitrogens with one attached hydrogen (secondary N) is 2. The summed E-state index contributed by atoms with van der Waals surface area (Å²) in [6, 6.07) is 8.67. The lowest BCUT2D eigenvalue weighted by Gasteiger charge is -2.26. The molecule has 1 aliphatic rings. The Morgan fingerprint density at radius 1 is 1.27 bits per heavy atom. The molecular formula is C22H35IN4O2S. The molecule has 0 spiro atoms. The number of aryl methyl sites for hydroxylation is 1. The molecule has 30 heavy (non-hydrogen) atoms. The summed E-state index contributed by atoms with van der Waals surface area (Å²) in [4.78, 5) is 10.0. The fourth-order valence-electron chi connectivity index (χ4n) is 3.40. The maximum Gasteiger partial charge on any atom is 0.191 e. The van der Waals surface area contributed by atoms with Crippen molar-refractivity contribution in [3.8, 4) is 0 Å². The first-order valence-electron chi connectivity index (χ1n) is 10.6. The van der Waals surface area contributed by atoms with Crippen LogP contribution in [0.15, 0.2) is 39.9 Å². The lowest BCUT2D eigenvalue weighted by atomic mass is 10.2. The van der Waals surface area contributed by atoms with E-state index in [2.05, 4.69) is 41.5 Å². The molecule has 1 aliphatic heterocycles. The normalized spacial score (nSPS) is 16.1. The van der Waals surface area contributed by atoms with Gasteiger partial charge in [-0.15, -0.1) is 35.3 Å². The van der Waals surface area contributed by atoms with Crippen LogP contribution in [0.5, 0.6) is 0 Å². The van der Waals surface area contributed by atoms with Crippen molar-refractivity contribution in [2.24, 2.45) is 4.99 Å². The Labute approximate surface area is 201 Å². The van der Waals surface area contributed by atoms with Crippen molar-refractivity contribution in [1.29, 1.82) is 0 Å². The molecule has 2 aromatic heterocycles. The van der Waals surface area contributed by atoms with Crippen molar-refractivity contribution < 1.29 is 9.15 Å². The molecule has 1 saturated heterocycles. The third-order valence-corrected chi connectivity index (χ3v) is 5.96. The predicted molar refractivity (Wildman–Crippen MR) is 135 cm³/mol. The molecule has 0 aromatic carbocycles. The fourth-order valence-corrected chi connectivity index (χ4v) is 4.42. The van der Waals surface area contributed by atoms with Gasteiger partial charge < -0.3 is 19.8 Å². The van der Waals surface area contributed by atoms with Gasteiger partial charge >= 0.3 is 0 Å². The molecule has 1 fully saturated rings. The van der Waals surface area contributed by atoms with Crippen LogP contribution in [0.4, 0.5) is 0 Å². The van der Waals surface area contributed by atoms with Crippen molar-refractivity contribution in [3.63, 3.8) is 0 Å². The molecule has 0 amide bonds. The molecule has 0 bridgehead atoms. The lowest BCUT2D eigenvalue weighted by Crippen LogP contribution is -2.44. The number of hydrogen-bond acceptors (Lipinski definition) is 5. The highest BCUT2D eigenvalue weighted by Gasteiger charge is 2.10. The van der Waals surface area contributed by atoms with Crippen molar-refractivity contribution in [3.05, 3.63) is 46.0 Å². The quantitative estimate of drug-likeness (QED) is 0.206. The van der Waals surface area contributed by atoms with Gasteiger partial charge in [-0.05, 0) is 44.5 Å². The molecule has 1 atom stereocenters. The fraction of sp³-hybridized carbons (Fsp3) is 0.591. The summed E-state index contributed by atoms with van der Waals surface area (Å²) in [7, 11) is 0. The Morgan fingerprint density at radius 2 is 2.10 bits per heavy atom. The summed E-state index contributed by atoms with van der Waals surface area (Å²) in [5.74, 6) is 1.88. The monoisotopic (exact) mass is 546 g/mol. The van der Waals surface area contributed by atoms with E-state index in [9.17, 15) is 0 Å². The van der Waals surface area contributed by atoms with Crippen molar-refractivity contribution >= 4 is 41.3 Å². The van der Waals surface area contributed by atoms with E-state index in [1.54, 1.807) is 6.26 Å². The second-order valence-electron chi connectivity index (χ2n) is 7.56. The van der Waals surface area contributed by atoms with Crippen LogP contribution in [0.1, 0.15) is 28.9 Å². The summed E-state index contributed by atoms with van der Waals surface area (Å²) < 4.78 is 10.8. The van der Waals surface area contributed by atoms with Gasteiger partial charge in [-0.1, -0.05) is 0 Å². The minimum absolute atomic E-state index is 0. The van der Waals surface area contributed by atoms with Crippen LogP contribution in [-0.4, -0.2) is 62.8 Å². The van der Waals surface area contributed by atoms with E-state index in [1.807, 2.05) is 23.5 Å². The highest BCUT2D eigenvalue weighted by atomic mass is 127. The van der Waals surface area contributed by atoms with Gasteiger partial charge in [0.05, 0.1) is 19.5 Å². The minimum atomic E-state index is 0. The van der Waals surface area contributed by atoms with Crippen LogP contribution in [0.2, 0.25) is 0 Å². The van der Waals surface area contributed by atoms with Gasteiger partial charge in [-0.3, -0.25) is 9.89 Å². The molecule has 168 valence electrons. The number of aliphatic imine (C=N–C) groups is 1. The maximum absolute atomic E-state index is 5.43. The number of thiophene rings is 1. The van der Waals surface area contributed by atoms with E-state index in [0.29, 0.717) is 6.04 Å². The molecule has 6 nitrogen and oxygen atoms in total. The standard InChI is InChI=1S/C22H34N4O2S.HI/c1-18(17-21-7-6-19(2)29-21)25-22(24-10-8-20-5-3-14-28-20)23-9-4-11-26-12-15-27-16-13-26;/h3,5-7,14,18H,4,8-13,15-17H2,1-2H3,(H2,23,24,25);1H. The Hall–Kier alpha value is -1.10. The Bertz CT molecular complexity index is 729. The second-order valence-corrected chi connectivity index (χ2v) is 8.93. The van der Waals surface area contributed by atoms with Crippen LogP contribution in [-0.2, 0) is 17.6 Å². The Balaban J connectivity index is 0.00000320. The van der Waals surface area contributed by atoms with Crippen LogP contribution in [0, 0.1) is 6.92 Å². The van der Waals surface area contributed by atoms with E-state index < -0.39 is 0 Å². The summed E-state index contributed by atoms with van der Waals surface area (Å²) in [6.45, 7) is 10.8. The van der Waals surface area contributed by atoms with E-state index in [0.717, 1.165) is 76.9 Å². The molecular weight excluding hydrogens is 511 g/mol. The molecule has 0 aliphatic carbocycles. The SMILES string of the molecule is Cc1ccc(CC(C)NC(=NCCCN2CCOCC2)NCCc2ccco2)s1.I. The number of ether oxygens (including phenoxy) is 1. The van der Waals surface area contributed by atoms with Crippen LogP contribution >= 0.6 is 35.3 Å². The second kappa shape index (κ2) is 14.1. The number of nitrogens with zero attached hydrogens (tertiary/aromatic N) is 2. The van der Waals surface area contributed by atoms with Gasteiger partial charge in [0.2, 0.25) is 0 Å². The zero-order valence-corrected chi connectivity index (χ0v) is 21.2. The smallest absolute Gasteiger partial charge is 0.191 e. The summed E-state index contributed by atoms with van der Waals surface area (Å²) in [5, 5.41) is 7.04. The third kappa shape index (κ3) is 9.36. The molecule has 3 heterocycles. The zero-order valence-electron chi connectivity index (χ0n) is 18.1. The molecule has 0 radical (unpaired) electrons. The predicted octanol–water partition coefficient (Wildman–Crippen LogP) is 3.70. The Kier molecular flexibility index (Phi) is 11.8. The number of morpholine rings is 1. The van der Waals surface area contributed by atoms with Gasteiger partial charge in [0.1, 0.15) is 5.76 Å². The van der Waals surface area contributed by atoms with Crippen LogP contribution < -0.4 is 10.6 Å². The average molecular weight is 547 g/mol. The van der Waals surface area contributed by atoms with Crippen molar-refractivity contribution in [1.82, 2.24) is 15.5 Å². The number of furan rings is 1. The van der Waals surface area contributed by atoms with E-state index in [-0.39, 0.29) is 24.0 Å². The molecule has 3 rings (SSSR count). The van der Waals surface area contributed by atoms with Gasteiger partial charge in [0, 0.05) is 61.4 Å². The van der Waals surface area contributed by atoms with Gasteiger partial charge in [-0.25, -0.2) is 0 Å². The van der Waals surface area contributed by atoms with Crippen molar-refractivity contribution in [2.45, 2.75) is 39.2 Å². The number of rotatable bonds is 10. The minimum Gasteiger partial charge on any atom is -0.469 e. The van der Waals surface area contributed by atoms with E-state index >= 15 is 0 Å². The Morgan fingerprint density at radius 3 is 2.80 bits per heavy atom. The summed E-state index contributed by atoms with van der Waals surface area (Å²) in [5.41, 5.74) is 0. The molecule has 0 saturated carbocycles. The van der Waals surface area contributed by atoms with E-state index in [1.165, 1.54) is 9.75 Å². The van der Waals surface area contributed by atoms with Gasteiger partial charge in [-0.2, -0.15) is 0 Å². The average Bonchev–Trinajstić information content (AvgIpc) is 3.37. The lowest BCUT2D eigenvalue weighted by molar-refractivity contribution is 0.0377. The number of halogens is 1. The first-order chi connectivity index (χ1) is 14.2. The molecule has 2 aromatic rings. The van der Waals surface area contributed by atoms with Crippen molar-refractivity contribution in [2.75, 3.05) is 45.9 Å². The van der Waals surface area contributed by atoms with Gasteiger partial charge in [0.25, 0.3) is 0 Å². The van der Waals surface area contributed by atoms with Crippen LogP contribution in [0.3, 0.4) is 0 Å². The largest absolute Gasteiger partial charge is 0.469 e. The zero-order chi connectivity index (χ0) is 20.3.